The van der Waals surface area contributed by atoms with Crippen LogP contribution in [0.2, 0.25) is 0 Å². The number of nitrogens with zero attached hydrogens (tertiary/aromatic N) is 4. The number of fused-ring (bicyclic) bond motifs is 1. The molecule has 2 aromatic heterocycles. The highest BCUT2D eigenvalue weighted by Crippen LogP contribution is 2.32. The number of carboxylic acids is 1. The lowest BCUT2D eigenvalue weighted by Gasteiger charge is -2.14. The topological polar surface area (TPSA) is 82.2 Å². The van der Waals surface area contributed by atoms with Crippen molar-refractivity contribution in [2.75, 3.05) is 6.61 Å². The van der Waals surface area contributed by atoms with Gasteiger partial charge in [-0.25, -0.2) is 14.8 Å². The number of carboxylic acid groups (broad SMARTS) is 1. The summed E-state index contributed by atoms with van der Waals surface area (Å²) in [6.07, 6.45) is 10.7. The van der Waals surface area contributed by atoms with Crippen molar-refractivity contribution in [1.29, 1.82) is 0 Å². The van der Waals surface area contributed by atoms with Crippen LogP contribution in [0.4, 0.5) is 0 Å². The fraction of sp³-hybridized carbons (Fsp3) is 0.303. The standard InChI is InChI=1S/C33H36N4O3/c1-3-4-11-30-35-31-24(2)12-17-29(40-21-8-7-19-36-20-18-34-23-36)32(31)37(30)22-25-13-15-26(16-14-25)27-9-5-6-10-28(27)33(38)39/h5-6,9-10,12-18,20,23H,3-4,7-8,11,19,21-22H2,1-2H3,(H,38,39). The molecule has 5 rings (SSSR count). The summed E-state index contributed by atoms with van der Waals surface area (Å²) in [6, 6.07) is 19.5. The molecule has 0 bridgehead atoms. The van der Waals surface area contributed by atoms with Crippen LogP contribution in [0.5, 0.6) is 5.75 Å². The van der Waals surface area contributed by atoms with Gasteiger partial charge < -0.3 is 19.0 Å². The number of ether oxygens (including phenoxy) is 1. The zero-order chi connectivity index (χ0) is 27.9. The predicted octanol–water partition coefficient (Wildman–Crippen LogP) is 7.16. The van der Waals surface area contributed by atoms with E-state index >= 15 is 0 Å². The number of hydrogen-bond donors (Lipinski definition) is 1. The molecule has 5 aromatic rings. The Kier molecular flexibility index (Phi) is 8.59. The van der Waals surface area contributed by atoms with E-state index in [9.17, 15) is 9.90 Å². The summed E-state index contributed by atoms with van der Waals surface area (Å²) in [5, 5.41) is 9.61. The van der Waals surface area contributed by atoms with Gasteiger partial charge in [-0.2, -0.15) is 0 Å². The highest BCUT2D eigenvalue weighted by atomic mass is 16.5. The number of benzene rings is 3. The van der Waals surface area contributed by atoms with E-state index in [1.165, 1.54) is 0 Å². The van der Waals surface area contributed by atoms with Crippen molar-refractivity contribution in [1.82, 2.24) is 19.1 Å². The third-order valence-corrected chi connectivity index (χ3v) is 7.28. The smallest absolute Gasteiger partial charge is 0.336 e. The quantitative estimate of drug-likeness (QED) is 0.162. The van der Waals surface area contributed by atoms with Crippen molar-refractivity contribution in [2.24, 2.45) is 0 Å². The van der Waals surface area contributed by atoms with Gasteiger partial charge in [0.25, 0.3) is 0 Å². The van der Waals surface area contributed by atoms with Crippen molar-refractivity contribution < 1.29 is 14.6 Å². The lowest BCUT2D eigenvalue weighted by atomic mass is 9.98. The van der Waals surface area contributed by atoms with E-state index in [4.69, 9.17) is 9.72 Å². The Balaban J connectivity index is 1.41. The minimum absolute atomic E-state index is 0.306. The van der Waals surface area contributed by atoms with Crippen molar-refractivity contribution >= 4 is 17.0 Å². The Labute approximate surface area is 235 Å². The summed E-state index contributed by atoms with van der Waals surface area (Å²) < 4.78 is 10.8. The zero-order valence-corrected chi connectivity index (χ0v) is 23.2. The molecule has 0 amide bonds. The number of aryl methyl sites for hydroxylation is 3. The fourth-order valence-corrected chi connectivity index (χ4v) is 5.09. The first kappa shape index (κ1) is 27.2. The van der Waals surface area contributed by atoms with Gasteiger partial charge in [-0.1, -0.05) is 61.9 Å². The van der Waals surface area contributed by atoms with Crippen LogP contribution in [-0.2, 0) is 19.5 Å². The summed E-state index contributed by atoms with van der Waals surface area (Å²) in [5.74, 6) is 1.01. The van der Waals surface area contributed by atoms with Crippen LogP contribution < -0.4 is 4.74 Å². The van der Waals surface area contributed by atoms with Crippen molar-refractivity contribution in [3.05, 3.63) is 102 Å². The molecule has 7 nitrogen and oxygen atoms in total. The maximum Gasteiger partial charge on any atom is 0.336 e. The summed E-state index contributed by atoms with van der Waals surface area (Å²) in [6.45, 7) is 6.53. The molecular weight excluding hydrogens is 500 g/mol. The lowest BCUT2D eigenvalue weighted by molar-refractivity contribution is 0.0697. The summed E-state index contributed by atoms with van der Waals surface area (Å²) >= 11 is 0. The van der Waals surface area contributed by atoms with Crippen LogP contribution in [0.1, 0.15) is 59.9 Å². The third kappa shape index (κ3) is 6.09. The Bertz CT molecular complexity index is 1570. The molecule has 0 aliphatic heterocycles. The number of carbonyl (C=O) groups is 1. The Morgan fingerprint density at radius 1 is 1.00 bits per heavy atom. The lowest BCUT2D eigenvalue weighted by Crippen LogP contribution is -2.07. The van der Waals surface area contributed by atoms with E-state index in [-0.39, 0.29) is 0 Å². The molecule has 40 heavy (non-hydrogen) atoms. The molecule has 0 fully saturated rings. The molecule has 0 saturated heterocycles. The van der Waals surface area contributed by atoms with Crippen molar-refractivity contribution in [3.63, 3.8) is 0 Å². The zero-order valence-electron chi connectivity index (χ0n) is 23.2. The van der Waals surface area contributed by atoms with Gasteiger partial charge in [0, 0.05) is 31.9 Å². The number of unbranched alkanes of at least 4 members (excludes halogenated alkanes) is 2. The van der Waals surface area contributed by atoms with E-state index in [1.807, 2.05) is 36.8 Å². The average Bonchev–Trinajstić information content (AvgIpc) is 3.62. The number of imidazole rings is 2. The molecule has 206 valence electrons. The molecule has 0 spiro atoms. The molecule has 0 aliphatic carbocycles. The monoisotopic (exact) mass is 536 g/mol. The molecule has 0 radical (unpaired) electrons. The Hall–Kier alpha value is -4.39. The molecule has 3 aromatic carbocycles. The second kappa shape index (κ2) is 12.6. The average molecular weight is 537 g/mol. The van der Waals surface area contributed by atoms with Gasteiger partial charge in [0.2, 0.25) is 0 Å². The Morgan fingerprint density at radius 3 is 2.58 bits per heavy atom. The van der Waals surface area contributed by atoms with Crippen LogP contribution in [0, 0.1) is 6.92 Å². The van der Waals surface area contributed by atoms with E-state index in [2.05, 4.69) is 52.2 Å². The molecule has 2 heterocycles. The number of aromatic carboxylic acids is 1. The number of aromatic nitrogens is 4. The van der Waals surface area contributed by atoms with E-state index in [0.717, 1.165) is 83.5 Å². The largest absolute Gasteiger partial charge is 0.491 e. The van der Waals surface area contributed by atoms with Crippen LogP contribution in [0.25, 0.3) is 22.2 Å². The van der Waals surface area contributed by atoms with Gasteiger partial charge in [0.1, 0.15) is 17.1 Å². The predicted molar refractivity (Wildman–Crippen MR) is 158 cm³/mol. The van der Waals surface area contributed by atoms with Crippen LogP contribution >= 0.6 is 0 Å². The van der Waals surface area contributed by atoms with Gasteiger partial charge in [0.05, 0.1) is 24.0 Å². The van der Waals surface area contributed by atoms with Gasteiger partial charge in [0.15, 0.2) is 0 Å². The summed E-state index contributed by atoms with van der Waals surface area (Å²) in [5.41, 5.74) is 6.22. The molecular formula is C33H36N4O3. The first-order valence-corrected chi connectivity index (χ1v) is 14.0. The molecule has 0 aliphatic rings. The fourth-order valence-electron chi connectivity index (χ4n) is 5.09. The number of hydrogen-bond acceptors (Lipinski definition) is 4. The highest BCUT2D eigenvalue weighted by Gasteiger charge is 2.18. The van der Waals surface area contributed by atoms with Crippen LogP contribution in [-0.4, -0.2) is 36.8 Å². The van der Waals surface area contributed by atoms with E-state index in [1.54, 1.807) is 18.3 Å². The molecule has 0 atom stereocenters. The molecule has 0 saturated carbocycles. The molecule has 1 N–H and O–H groups in total. The molecule has 7 heteroatoms. The summed E-state index contributed by atoms with van der Waals surface area (Å²) in [4.78, 5) is 20.9. The summed E-state index contributed by atoms with van der Waals surface area (Å²) in [7, 11) is 0. The van der Waals surface area contributed by atoms with Crippen LogP contribution in [0.3, 0.4) is 0 Å². The van der Waals surface area contributed by atoms with E-state index in [0.29, 0.717) is 18.7 Å². The second-order valence-electron chi connectivity index (χ2n) is 10.2. The van der Waals surface area contributed by atoms with Gasteiger partial charge in [-0.15, -0.1) is 0 Å². The maximum atomic E-state index is 11.7. The minimum atomic E-state index is -0.922. The first-order valence-electron chi connectivity index (χ1n) is 14.0. The van der Waals surface area contributed by atoms with Crippen LogP contribution in [0.15, 0.2) is 79.4 Å². The number of rotatable bonds is 13. The molecule has 0 unspecified atom stereocenters. The van der Waals surface area contributed by atoms with Crippen molar-refractivity contribution in [3.8, 4) is 16.9 Å². The first-order chi connectivity index (χ1) is 19.5. The minimum Gasteiger partial charge on any atom is -0.491 e. The SMILES string of the molecule is CCCCc1nc2c(C)ccc(OCCCCn3ccnc3)c2n1Cc1ccc(-c2ccccc2C(=O)O)cc1. The van der Waals surface area contributed by atoms with Gasteiger partial charge in [-0.05, 0) is 60.6 Å². The Morgan fingerprint density at radius 2 is 1.82 bits per heavy atom. The third-order valence-electron chi connectivity index (χ3n) is 7.28. The highest BCUT2D eigenvalue weighted by molar-refractivity contribution is 5.96. The second-order valence-corrected chi connectivity index (χ2v) is 10.2. The maximum absolute atomic E-state index is 11.7. The van der Waals surface area contributed by atoms with E-state index < -0.39 is 5.97 Å². The van der Waals surface area contributed by atoms with Gasteiger partial charge in [-0.3, -0.25) is 0 Å². The van der Waals surface area contributed by atoms with Crippen molar-refractivity contribution in [2.45, 2.75) is 59.0 Å². The normalized spacial score (nSPS) is 11.2. The van der Waals surface area contributed by atoms with Gasteiger partial charge >= 0.3 is 5.97 Å².